The van der Waals surface area contributed by atoms with Gasteiger partial charge >= 0.3 is 6.09 Å². The van der Waals surface area contributed by atoms with Crippen LogP contribution in [0, 0.1) is 5.41 Å². The van der Waals surface area contributed by atoms with Crippen molar-refractivity contribution < 1.29 is 14.3 Å². The van der Waals surface area contributed by atoms with Crippen molar-refractivity contribution in [1.82, 2.24) is 9.80 Å². The lowest BCUT2D eigenvalue weighted by atomic mass is 10.2. The fraction of sp³-hybridized carbons (Fsp3) is 0.471. The Balaban J connectivity index is 1.53. The summed E-state index contributed by atoms with van der Waals surface area (Å²) < 4.78 is 5.48. The molecule has 0 radical (unpaired) electrons. The van der Waals surface area contributed by atoms with E-state index in [2.05, 4.69) is 4.90 Å². The minimum Gasteiger partial charge on any atom is -0.443 e. The number of nitrogens with two attached hydrogens (primary N) is 1. The summed E-state index contributed by atoms with van der Waals surface area (Å²) in [4.78, 5) is 29.3. The molecule has 140 valence electrons. The van der Waals surface area contributed by atoms with Gasteiger partial charge in [0.2, 0.25) is 5.91 Å². The van der Waals surface area contributed by atoms with Crippen molar-refractivity contribution in [3.8, 4) is 0 Å². The molecule has 2 fully saturated rings. The molecule has 0 aromatic heterocycles. The van der Waals surface area contributed by atoms with Crippen LogP contribution in [-0.2, 0) is 9.53 Å². The third kappa shape index (κ3) is 4.08. The molecule has 3 rings (SSSR count). The fourth-order valence-electron chi connectivity index (χ4n) is 3.20. The van der Waals surface area contributed by atoms with E-state index in [1.807, 2.05) is 0 Å². The number of benzene rings is 1. The molecule has 3 N–H and O–H groups in total. The first-order valence-electron chi connectivity index (χ1n) is 8.46. The number of cyclic esters (lactones) is 1. The summed E-state index contributed by atoms with van der Waals surface area (Å²) in [5.41, 5.74) is 6.78. The van der Waals surface area contributed by atoms with E-state index in [0.29, 0.717) is 31.7 Å². The van der Waals surface area contributed by atoms with Crippen LogP contribution in [0.15, 0.2) is 24.3 Å². The second kappa shape index (κ2) is 7.92. The number of nitrogens with zero attached hydrogens (tertiary/aromatic N) is 3. The lowest BCUT2D eigenvalue weighted by Gasteiger charge is -2.35. The molecular weight excluding hydrogens is 358 g/mol. The summed E-state index contributed by atoms with van der Waals surface area (Å²) in [6, 6.07) is 6.95. The maximum Gasteiger partial charge on any atom is 0.414 e. The summed E-state index contributed by atoms with van der Waals surface area (Å²) in [7, 11) is 0. The molecule has 2 amide bonds. The Morgan fingerprint density at radius 1 is 1.23 bits per heavy atom. The Morgan fingerprint density at radius 3 is 2.46 bits per heavy atom. The molecule has 0 saturated carbocycles. The highest BCUT2D eigenvalue weighted by Crippen LogP contribution is 2.22. The number of ether oxygens (including phenoxy) is 1. The number of alkyl halides is 1. The molecule has 2 aliphatic heterocycles. The first-order chi connectivity index (χ1) is 12.5. The number of carbonyl (C=O) groups excluding carboxylic acids is 2. The average Bonchev–Trinajstić information content (AvgIpc) is 3.02. The lowest BCUT2D eigenvalue weighted by molar-refractivity contribution is -0.130. The maximum absolute atomic E-state index is 12.2. The van der Waals surface area contributed by atoms with E-state index in [-0.39, 0.29) is 29.8 Å². The summed E-state index contributed by atoms with van der Waals surface area (Å²) >= 11 is 5.59. The van der Waals surface area contributed by atoms with Crippen molar-refractivity contribution >= 4 is 35.1 Å². The first kappa shape index (κ1) is 18.5. The van der Waals surface area contributed by atoms with E-state index >= 15 is 0 Å². The lowest BCUT2D eigenvalue weighted by Crippen LogP contribution is -2.51. The highest BCUT2D eigenvalue weighted by molar-refractivity contribution is 6.27. The molecule has 8 nitrogen and oxygen atoms in total. The van der Waals surface area contributed by atoms with Crippen LogP contribution < -0.4 is 10.6 Å². The number of rotatable bonds is 5. The molecule has 1 atom stereocenters. The number of carbonyl (C=O) groups is 2. The van der Waals surface area contributed by atoms with Crippen LogP contribution in [0.4, 0.5) is 10.5 Å². The van der Waals surface area contributed by atoms with Gasteiger partial charge in [-0.15, -0.1) is 11.6 Å². The number of anilines is 1. The van der Waals surface area contributed by atoms with E-state index in [4.69, 9.17) is 27.5 Å². The van der Waals surface area contributed by atoms with Crippen molar-refractivity contribution in [1.29, 1.82) is 5.41 Å². The number of nitrogens with one attached hydrogen (secondary N) is 1. The van der Waals surface area contributed by atoms with Gasteiger partial charge in [-0.05, 0) is 24.3 Å². The molecule has 0 aliphatic carbocycles. The Morgan fingerprint density at radius 2 is 1.88 bits per heavy atom. The average molecular weight is 380 g/mol. The summed E-state index contributed by atoms with van der Waals surface area (Å²) in [5.74, 6) is -0.0403. The topological polar surface area (TPSA) is 103 Å². The van der Waals surface area contributed by atoms with Crippen molar-refractivity contribution in [3.05, 3.63) is 29.8 Å². The molecule has 9 heteroatoms. The third-order valence-electron chi connectivity index (χ3n) is 4.67. The van der Waals surface area contributed by atoms with Gasteiger partial charge in [0.05, 0.1) is 6.54 Å². The van der Waals surface area contributed by atoms with Crippen LogP contribution in [0.5, 0.6) is 0 Å². The molecule has 2 heterocycles. The predicted molar refractivity (Wildman–Crippen MR) is 98.8 cm³/mol. The van der Waals surface area contributed by atoms with Crippen LogP contribution in [0.1, 0.15) is 5.56 Å². The zero-order valence-corrected chi connectivity index (χ0v) is 15.1. The fourth-order valence-corrected chi connectivity index (χ4v) is 3.37. The minimum atomic E-state index is -0.374. The molecular formula is C17H22ClN5O3. The van der Waals surface area contributed by atoms with E-state index in [0.717, 1.165) is 18.8 Å². The van der Waals surface area contributed by atoms with Crippen molar-refractivity contribution in [2.45, 2.75) is 6.10 Å². The van der Waals surface area contributed by atoms with Crippen LogP contribution in [0.3, 0.4) is 0 Å². The molecule has 2 aliphatic rings. The van der Waals surface area contributed by atoms with Crippen molar-refractivity contribution in [2.75, 3.05) is 50.0 Å². The number of piperazine rings is 1. The van der Waals surface area contributed by atoms with Gasteiger partial charge in [0.1, 0.15) is 17.8 Å². The summed E-state index contributed by atoms with van der Waals surface area (Å²) in [6.07, 6.45) is -0.591. The Hall–Kier alpha value is -2.32. The van der Waals surface area contributed by atoms with Gasteiger partial charge in [-0.3, -0.25) is 20.0 Å². The largest absolute Gasteiger partial charge is 0.443 e. The Labute approximate surface area is 156 Å². The first-order valence-corrected chi connectivity index (χ1v) is 9.00. The van der Waals surface area contributed by atoms with E-state index < -0.39 is 0 Å². The number of hydrogen-bond donors (Lipinski definition) is 2. The van der Waals surface area contributed by atoms with Crippen molar-refractivity contribution in [3.63, 3.8) is 0 Å². The molecule has 0 spiro atoms. The van der Waals surface area contributed by atoms with Crippen LogP contribution in [-0.4, -0.2) is 78.9 Å². The minimum absolute atomic E-state index is 0.00906. The van der Waals surface area contributed by atoms with E-state index in [1.165, 1.54) is 0 Å². The molecule has 26 heavy (non-hydrogen) atoms. The monoisotopic (exact) mass is 379 g/mol. The zero-order valence-electron chi connectivity index (χ0n) is 14.4. The SMILES string of the molecule is N=C(N)c1ccc(N2CC(CN3CCN(C(=O)CCl)CC3)OC2=O)cc1. The number of hydrogen-bond acceptors (Lipinski definition) is 5. The summed E-state index contributed by atoms with van der Waals surface area (Å²) in [5, 5.41) is 7.42. The maximum atomic E-state index is 12.2. The van der Waals surface area contributed by atoms with Gasteiger partial charge in [-0.1, -0.05) is 0 Å². The molecule has 2 saturated heterocycles. The molecule has 1 unspecified atom stereocenters. The molecule has 1 aromatic rings. The standard InChI is InChI=1S/C17H22ClN5O3/c18-9-15(24)22-7-5-21(6-8-22)10-14-11-23(17(25)26-14)13-3-1-12(2-4-13)16(19)20/h1-4,14H,5-11H2,(H3,19,20). The summed E-state index contributed by atoms with van der Waals surface area (Å²) in [6.45, 7) is 3.87. The van der Waals surface area contributed by atoms with Gasteiger partial charge in [0.15, 0.2) is 0 Å². The number of amides is 2. The normalized spacial score (nSPS) is 21.0. The Kier molecular flexibility index (Phi) is 5.63. The van der Waals surface area contributed by atoms with Crippen LogP contribution >= 0.6 is 11.6 Å². The number of amidine groups is 1. The van der Waals surface area contributed by atoms with Gasteiger partial charge in [-0.2, -0.15) is 0 Å². The van der Waals surface area contributed by atoms with Crippen LogP contribution in [0.2, 0.25) is 0 Å². The smallest absolute Gasteiger partial charge is 0.414 e. The number of nitrogen functional groups attached to an aromatic ring is 1. The van der Waals surface area contributed by atoms with E-state index in [1.54, 1.807) is 34.1 Å². The highest BCUT2D eigenvalue weighted by Gasteiger charge is 2.34. The molecule has 0 bridgehead atoms. The zero-order chi connectivity index (χ0) is 18.7. The quantitative estimate of drug-likeness (QED) is 0.445. The van der Waals surface area contributed by atoms with E-state index in [9.17, 15) is 9.59 Å². The highest BCUT2D eigenvalue weighted by atomic mass is 35.5. The third-order valence-corrected chi connectivity index (χ3v) is 4.89. The van der Waals surface area contributed by atoms with Crippen LogP contribution in [0.25, 0.3) is 0 Å². The second-order valence-corrected chi connectivity index (χ2v) is 6.66. The van der Waals surface area contributed by atoms with Gasteiger partial charge in [0, 0.05) is 44.0 Å². The predicted octanol–water partition coefficient (Wildman–Crippen LogP) is 0.679. The van der Waals surface area contributed by atoms with Gasteiger partial charge in [-0.25, -0.2) is 4.79 Å². The Bertz CT molecular complexity index is 688. The van der Waals surface area contributed by atoms with Gasteiger partial charge < -0.3 is 15.4 Å². The van der Waals surface area contributed by atoms with Crippen molar-refractivity contribution in [2.24, 2.45) is 5.73 Å². The molecule has 1 aromatic carbocycles. The van der Waals surface area contributed by atoms with Gasteiger partial charge in [0.25, 0.3) is 0 Å². The second-order valence-electron chi connectivity index (χ2n) is 6.39. The number of halogens is 1.